The smallest absolute Gasteiger partial charge is 0.416 e. The molecule has 0 spiro atoms. The Labute approximate surface area is 228 Å². The van der Waals surface area contributed by atoms with Gasteiger partial charge in [-0.2, -0.15) is 18.3 Å². The lowest BCUT2D eigenvalue weighted by atomic mass is 10.1. The third kappa shape index (κ3) is 5.41. The summed E-state index contributed by atoms with van der Waals surface area (Å²) in [4.78, 5) is 38.2. The molecule has 0 atom stereocenters. The third-order valence-electron chi connectivity index (χ3n) is 6.11. The molecule has 1 fully saturated rings. The zero-order valence-corrected chi connectivity index (χ0v) is 21.3. The molecule has 1 aromatic heterocycles. The molecular formula is C27H17ClF3N3O4S. The highest BCUT2D eigenvalue weighted by atomic mass is 35.5. The maximum absolute atomic E-state index is 13.5. The van der Waals surface area contributed by atoms with Gasteiger partial charge >= 0.3 is 12.1 Å². The predicted molar refractivity (Wildman–Crippen MR) is 140 cm³/mol. The Morgan fingerprint density at radius 1 is 1.03 bits per heavy atom. The van der Waals surface area contributed by atoms with Crippen molar-refractivity contribution in [1.82, 2.24) is 14.7 Å². The van der Waals surface area contributed by atoms with Crippen molar-refractivity contribution in [2.24, 2.45) is 0 Å². The van der Waals surface area contributed by atoms with E-state index in [1.165, 1.54) is 35.2 Å². The average Bonchev–Trinajstić information content (AvgIpc) is 3.39. The van der Waals surface area contributed by atoms with Gasteiger partial charge in [0.25, 0.3) is 11.1 Å². The summed E-state index contributed by atoms with van der Waals surface area (Å²) in [6, 6.07) is 14.8. The summed E-state index contributed by atoms with van der Waals surface area (Å²) in [6.07, 6.45) is -1.54. The monoisotopic (exact) mass is 571 g/mol. The van der Waals surface area contributed by atoms with Crippen LogP contribution in [0.1, 0.15) is 32.6 Å². The minimum atomic E-state index is -4.57. The van der Waals surface area contributed by atoms with E-state index in [1.807, 2.05) is 0 Å². The molecule has 39 heavy (non-hydrogen) atoms. The highest BCUT2D eigenvalue weighted by molar-refractivity contribution is 8.18. The third-order valence-corrected chi connectivity index (χ3v) is 7.25. The maximum atomic E-state index is 13.5. The van der Waals surface area contributed by atoms with Crippen molar-refractivity contribution < 1.29 is 32.7 Å². The lowest BCUT2D eigenvalue weighted by Crippen LogP contribution is -2.28. The normalized spacial score (nSPS) is 15.1. The molecular weight excluding hydrogens is 555 g/mol. The van der Waals surface area contributed by atoms with Gasteiger partial charge in [0.1, 0.15) is 0 Å². The van der Waals surface area contributed by atoms with Crippen molar-refractivity contribution in [3.63, 3.8) is 0 Å². The van der Waals surface area contributed by atoms with E-state index >= 15 is 0 Å². The molecule has 1 aliphatic rings. The highest BCUT2D eigenvalue weighted by Gasteiger charge is 2.36. The molecule has 1 aliphatic heterocycles. The van der Waals surface area contributed by atoms with E-state index in [2.05, 4.69) is 5.10 Å². The number of aromatic carboxylic acids is 1. The molecule has 7 nitrogen and oxygen atoms in total. The number of amides is 2. The predicted octanol–water partition coefficient (Wildman–Crippen LogP) is 6.69. The maximum Gasteiger partial charge on any atom is 0.416 e. The second kappa shape index (κ2) is 10.2. The Bertz CT molecular complexity index is 1680. The Hall–Kier alpha value is -4.09. The molecule has 198 valence electrons. The van der Waals surface area contributed by atoms with Crippen molar-refractivity contribution in [2.45, 2.75) is 19.3 Å². The number of carbonyl (C=O) groups excluding carboxylic acids is 2. The van der Waals surface area contributed by atoms with Gasteiger partial charge in [-0.05, 0) is 64.9 Å². The van der Waals surface area contributed by atoms with Crippen molar-refractivity contribution in [2.75, 3.05) is 0 Å². The molecule has 0 bridgehead atoms. The van der Waals surface area contributed by atoms with Gasteiger partial charge in [-0.25, -0.2) is 4.79 Å². The zero-order chi connectivity index (χ0) is 27.9. The highest BCUT2D eigenvalue weighted by Crippen LogP contribution is 2.36. The lowest BCUT2D eigenvalue weighted by Gasteiger charge is -2.14. The van der Waals surface area contributed by atoms with Crippen LogP contribution >= 0.6 is 23.4 Å². The van der Waals surface area contributed by atoms with Gasteiger partial charge in [-0.3, -0.25) is 19.2 Å². The minimum absolute atomic E-state index is 0.00366. The number of halogens is 4. The van der Waals surface area contributed by atoms with Crippen LogP contribution < -0.4 is 0 Å². The SMILES string of the molecule is O=C(O)c1ccccc1CN1C(=O)S/C(=C\c2ccc3c(cnn3Cc3ccc(Cl)cc3C(F)(F)F)c2)C1=O. The van der Waals surface area contributed by atoms with Gasteiger partial charge in [0.05, 0.1) is 40.8 Å². The molecule has 12 heteroatoms. The van der Waals surface area contributed by atoms with Crippen LogP contribution in [0.3, 0.4) is 0 Å². The van der Waals surface area contributed by atoms with Crippen LogP contribution in [-0.4, -0.2) is 36.9 Å². The summed E-state index contributed by atoms with van der Waals surface area (Å²) in [5.74, 6) is -1.71. The molecule has 4 aromatic rings. The quantitative estimate of drug-likeness (QED) is 0.259. The Balaban J connectivity index is 1.39. The van der Waals surface area contributed by atoms with Crippen molar-refractivity contribution in [1.29, 1.82) is 0 Å². The molecule has 2 heterocycles. The number of nitrogens with zero attached hydrogens (tertiary/aromatic N) is 3. The van der Waals surface area contributed by atoms with Crippen LogP contribution in [0.2, 0.25) is 5.02 Å². The van der Waals surface area contributed by atoms with Crippen LogP contribution in [0.5, 0.6) is 0 Å². The number of hydrogen-bond donors (Lipinski definition) is 1. The van der Waals surface area contributed by atoms with Gasteiger partial charge in [0.2, 0.25) is 0 Å². The number of fused-ring (bicyclic) bond motifs is 1. The van der Waals surface area contributed by atoms with E-state index in [-0.39, 0.29) is 34.1 Å². The summed E-state index contributed by atoms with van der Waals surface area (Å²) < 4.78 is 41.9. The van der Waals surface area contributed by atoms with Gasteiger partial charge in [0.15, 0.2) is 0 Å². The number of carboxylic acids is 1. The Kier molecular flexibility index (Phi) is 6.96. The molecule has 1 N–H and O–H groups in total. The van der Waals surface area contributed by atoms with E-state index in [0.717, 1.165) is 22.7 Å². The number of imide groups is 1. The van der Waals surface area contributed by atoms with E-state index in [0.29, 0.717) is 22.0 Å². The number of alkyl halides is 3. The van der Waals surface area contributed by atoms with Crippen LogP contribution in [0.15, 0.2) is 71.8 Å². The van der Waals surface area contributed by atoms with Gasteiger partial charge < -0.3 is 5.11 Å². The fraction of sp³-hybridized carbons (Fsp3) is 0.111. The van der Waals surface area contributed by atoms with Gasteiger partial charge in [-0.1, -0.05) is 41.9 Å². The molecule has 0 unspecified atom stereocenters. The largest absolute Gasteiger partial charge is 0.478 e. The number of hydrogen-bond acceptors (Lipinski definition) is 5. The van der Waals surface area contributed by atoms with Crippen LogP contribution in [0.4, 0.5) is 18.0 Å². The van der Waals surface area contributed by atoms with Crippen LogP contribution in [0.25, 0.3) is 17.0 Å². The number of thioether (sulfide) groups is 1. The lowest BCUT2D eigenvalue weighted by molar-refractivity contribution is -0.138. The second-order valence-electron chi connectivity index (χ2n) is 8.65. The van der Waals surface area contributed by atoms with Gasteiger partial charge in [0, 0.05) is 10.4 Å². The molecule has 0 aliphatic carbocycles. The van der Waals surface area contributed by atoms with Crippen molar-refractivity contribution >= 4 is 57.5 Å². The molecule has 2 amide bonds. The zero-order valence-electron chi connectivity index (χ0n) is 19.8. The van der Waals surface area contributed by atoms with E-state index in [9.17, 15) is 32.7 Å². The fourth-order valence-electron chi connectivity index (χ4n) is 4.26. The minimum Gasteiger partial charge on any atom is -0.478 e. The summed E-state index contributed by atoms with van der Waals surface area (Å²) in [6.45, 7) is -0.313. The standard InChI is InChI=1S/C27H17ClF3N3O4S/c28-19-7-6-17(21(11-19)27(29,30)31)14-34-22-8-5-15(9-18(22)12-32-34)10-23-24(35)33(26(38)39-23)13-16-3-1-2-4-20(16)25(36)37/h1-12H,13-14H2,(H,36,37)/b23-10-. The summed E-state index contributed by atoms with van der Waals surface area (Å²) in [5, 5.41) is 13.7. The van der Waals surface area contributed by atoms with E-state index < -0.39 is 28.9 Å². The van der Waals surface area contributed by atoms with E-state index in [4.69, 9.17) is 11.6 Å². The molecule has 0 radical (unpaired) electrons. The first-order chi connectivity index (χ1) is 18.5. The molecule has 1 saturated heterocycles. The first kappa shape index (κ1) is 26.5. The number of carbonyl (C=O) groups is 3. The number of rotatable bonds is 6. The van der Waals surface area contributed by atoms with Crippen molar-refractivity contribution in [3.8, 4) is 0 Å². The fourth-order valence-corrected chi connectivity index (χ4v) is 5.27. The number of carboxylic acid groups (broad SMARTS) is 1. The summed E-state index contributed by atoms with van der Waals surface area (Å²) in [7, 11) is 0. The van der Waals surface area contributed by atoms with Crippen molar-refractivity contribution in [3.05, 3.63) is 105 Å². The average molecular weight is 572 g/mol. The summed E-state index contributed by atoms with van der Waals surface area (Å²) in [5.41, 5.74) is 0.673. The summed E-state index contributed by atoms with van der Waals surface area (Å²) >= 11 is 6.51. The van der Waals surface area contributed by atoms with Crippen LogP contribution in [0, 0.1) is 0 Å². The topological polar surface area (TPSA) is 92.5 Å². The first-order valence-corrected chi connectivity index (χ1v) is 12.6. The number of benzene rings is 3. The number of aromatic nitrogens is 2. The molecule has 0 saturated carbocycles. The van der Waals surface area contributed by atoms with Crippen LogP contribution in [-0.2, 0) is 24.1 Å². The molecule has 5 rings (SSSR count). The van der Waals surface area contributed by atoms with Gasteiger partial charge in [-0.15, -0.1) is 0 Å². The second-order valence-corrected chi connectivity index (χ2v) is 10.1. The van der Waals surface area contributed by atoms with E-state index in [1.54, 1.807) is 36.4 Å². The Morgan fingerprint density at radius 3 is 2.54 bits per heavy atom. The molecule has 3 aromatic carbocycles. The first-order valence-electron chi connectivity index (χ1n) is 11.4. The Morgan fingerprint density at radius 2 is 1.79 bits per heavy atom.